The van der Waals surface area contributed by atoms with Gasteiger partial charge in [-0.05, 0) is 24.1 Å². The van der Waals surface area contributed by atoms with Crippen molar-refractivity contribution in [2.75, 3.05) is 26.0 Å². The highest BCUT2D eigenvalue weighted by molar-refractivity contribution is 7.89. The molecule has 1 N–H and O–H groups in total. The summed E-state index contributed by atoms with van der Waals surface area (Å²) in [7, 11) is -1.75. The summed E-state index contributed by atoms with van der Waals surface area (Å²) in [6, 6.07) is 16.8. The minimum absolute atomic E-state index is 0.0612. The molecule has 0 fully saturated rings. The summed E-state index contributed by atoms with van der Waals surface area (Å²) in [6.45, 7) is 0.458. The fourth-order valence-electron chi connectivity index (χ4n) is 2.07. The number of benzene rings is 2. The van der Waals surface area contributed by atoms with Gasteiger partial charge in [-0.15, -0.1) is 0 Å². The van der Waals surface area contributed by atoms with E-state index in [2.05, 4.69) is 4.72 Å². The fraction of sp³-hybridized carbons (Fsp3) is 0.294. The van der Waals surface area contributed by atoms with Crippen LogP contribution in [0.5, 0.6) is 11.5 Å². The van der Waals surface area contributed by atoms with E-state index in [0.29, 0.717) is 17.9 Å². The van der Waals surface area contributed by atoms with Gasteiger partial charge in [0.25, 0.3) is 0 Å². The maximum absolute atomic E-state index is 11.9. The first kappa shape index (κ1) is 17.3. The first-order chi connectivity index (χ1) is 11.1. The number of hydrogen-bond donors (Lipinski definition) is 1. The van der Waals surface area contributed by atoms with Crippen LogP contribution in [0.3, 0.4) is 0 Å². The molecule has 23 heavy (non-hydrogen) atoms. The maximum Gasteiger partial charge on any atom is 0.212 e. The van der Waals surface area contributed by atoms with Gasteiger partial charge in [0.1, 0.15) is 6.61 Å². The van der Waals surface area contributed by atoms with Crippen LogP contribution in [-0.2, 0) is 16.4 Å². The second-order valence-corrected chi connectivity index (χ2v) is 6.87. The third kappa shape index (κ3) is 5.92. The summed E-state index contributed by atoms with van der Waals surface area (Å²) in [5.41, 5.74) is 1.00. The Balaban J connectivity index is 1.74. The van der Waals surface area contributed by atoms with Gasteiger partial charge in [-0.3, -0.25) is 0 Å². The van der Waals surface area contributed by atoms with Crippen LogP contribution >= 0.6 is 0 Å². The smallest absolute Gasteiger partial charge is 0.212 e. The predicted octanol–water partition coefficient (Wildman–Crippen LogP) is 2.24. The summed E-state index contributed by atoms with van der Waals surface area (Å²) in [5.74, 6) is 1.28. The number of aryl methyl sites for hydroxylation is 1. The Morgan fingerprint density at radius 2 is 1.61 bits per heavy atom. The van der Waals surface area contributed by atoms with Crippen molar-refractivity contribution in [3.8, 4) is 11.5 Å². The highest BCUT2D eigenvalue weighted by atomic mass is 32.2. The molecule has 0 atom stereocenters. The van der Waals surface area contributed by atoms with Gasteiger partial charge in [0.2, 0.25) is 10.0 Å². The van der Waals surface area contributed by atoms with Crippen molar-refractivity contribution in [3.63, 3.8) is 0 Å². The Hall–Kier alpha value is -2.05. The van der Waals surface area contributed by atoms with Crippen LogP contribution < -0.4 is 14.2 Å². The van der Waals surface area contributed by atoms with Crippen molar-refractivity contribution in [2.45, 2.75) is 6.42 Å². The number of rotatable bonds is 9. The van der Waals surface area contributed by atoms with Crippen LogP contribution in [-0.4, -0.2) is 34.4 Å². The van der Waals surface area contributed by atoms with Crippen LogP contribution in [0.15, 0.2) is 54.6 Å². The number of methoxy groups -OCH3 is 1. The van der Waals surface area contributed by atoms with E-state index in [-0.39, 0.29) is 18.9 Å². The van der Waals surface area contributed by atoms with Crippen LogP contribution in [0.4, 0.5) is 0 Å². The normalized spacial score (nSPS) is 11.2. The maximum atomic E-state index is 11.9. The molecule has 2 aromatic rings. The Kier molecular flexibility index (Phi) is 6.43. The first-order valence-electron chi connectivity index (χ1n) is 7.38. The van der Waals surface area contributed by atoms with Crippen LogP contribution in [0.2, 0.25) is 0 Å². The zero-order valence-corrected chi connectivity index (χ0v) is 13.9. The molecular weight excluding hydrogens is 314 g/mol. The fourth-order valence-corrected chi connectivity index (χ4v) is 3.11. The van der Waals surface area contributed by atoms with Gasteiger partial charge in [-0.1, -0.05) is 42.5 Å². The predicted molar refractivity (Wildman–Crippen MR) is 90.4 cm³/mol. The van der Waals surface area contributed by atoms with E-state index in [0.717, 1.165) is 5.56 Å². The molecule has 0 spiro atoms. The molecule has 0 unspecified atom stereocenters. The molecule has 0 radical (unpaired) electrons. The summed E-state index contributed by atoms with van der Waals surface area (Å²) < 4.78 is 37.1. The van der Waals surface area contributed by atoms with E-state index >= 15 is 0 Å². The zero-order valence-electron chi connectivity index (χ0n) is 13.1. The van der Waals surface area contributed by atoms with Crippen molar-refractivity contribution < 1.29 is 17.9 Å². The third-order valence-electron chi connectivity index (χ3n) is 3.25. The zero-order chi connectivity index (χ0) is 16.5. The van der Waals surface area contributed by atoms with Crippen molar-refractivity contribution >= 4 is 10.0 Å². The molecular formula is C17H21NO4S. The van der Waals surface area contributed by atoms with E-state index in [9.17, 15) is 8.42 Å². The highest BCUT2D eigenvalue weighted by Crippen LogP contribution is 2.25. The summed E-state index contributed by atoms with van der Waals surface area (Å²) >= 11 is 0. The highest BCUT2D eigenvalue weighted by Gasteiger charge is 2.10. The molecule has 0 aromatic heterocycles. The molecule has 5 nitrogen and oxygen atoms in total. The Labute approximate surface area is 137 Å². The average molecular weight is 335 g/mol. The molecule has 0 aliphatic heterocycles. The summed E-state index contributed by atoms with van der Waals surface area (Å²) in [6.07, 6.45) is 0.490. The molecule has 2 rings (SSSR count). The SMILES string of the molecule is COc1ccccc1OCCNS(=O)(=O)CCc1ccccc1. The quantitative estimate of drug-likeness (QED) is 0.714. The Morgan fingerprint density at radius 1 is 0.957 bits per heavy atom. The minimum Gasteiger partial charge on any atom is -0.493 e. The number of hydrogen-bond acceptors (Lipinski definition) is 4. The van der Waals surface area contributed by atoms with Crippen LogP contribution in [0.25, 0.3) is 0 Å². The number of sulfonamides is 1. The molecule has 0 amide bonds. The standard InChI is InChI=1S/C17H21NO4S/c1-21-16-9-5-6-10-17(16)22-13-12-18-23(19,20)14-11-15-7-3-2-4-8-15/h2-10,18H,11-14H2,1H3. The topological polar surface area (TPSA) is 64.6 Å². The van der Waals surface area contributed by atoms with Gasteiger partial charge in [-0.25, -0.2) is 13.1 Å². The first-order valence-corrected chi connectivity index (χ1v) is 9.03. The van der Waals surface area contributed by atoms with Gasteiger partial charge in [0, 0.05) is 6.54 Å². The number of para-hydroxylation sites is 2. The minimum atomic E-state index is -3.31. The second-order valence-electron chi connectivity index (χ2n) is 4.95. The van der Waals surface area contributed by atoms with E-state index in [4.69, 9.17) is 9.47 Å². The van der Waals surface area contributed by atoms with Crippen LogP contribution in [0.1, 0.15) is 5.56 Å². The molecule has 0 aliphatic rings. The van der Waals surface area contributed by atoms with Crippen molar-refractivity contribution in [1.29, 1.82) is 0 Å². The lowest BCUT2D eigenvalue weighted by Gasteiger charge is -2.11. The van der Waals surface area contributed by atoms with Crippen molar-refractivity contribution in [2.24, 2.45) is 0 Å². The Bertz CT molecular complexity index is 702. The van der Waals surface area contributed by atoms with E-state index in [1.54, 1.807) is 19.2 Å². The molecule has 2 aromatic carbocycles. The summed E-state index contributed by atoms with van der Waals surface area (Å²) in [5, 5.41) is 0. The van der Waals surface area contributed by atoms with Gasteiger partial charge in [-0.2, -0.15) is 0 Å². The van der Waals surface area contributed by atoms with Crippen LogP contribution in [0, 0.1) is 0 Å². The lowest BCUT2D eigenvalue weighted by molar-refractivity contribution is 0.299. The summed E-state index contributed by atoms with van der Waals surface area (Å²) in [4.78, 5) is 0. The second kappa shape index (κ2) is 8.55. The molecule has 0 bridgehead atoms. The average Bonchev–Trinajstić information content (AvgIpc) is 2.58. The lowest BCUT2D eigenvalue weighted by Crippen LogP contribution is -2.31. The number of ether oxygens (including phenoxy) is 2. The molecule has 0 saturated heterocycles. The van der Waals surface area contributed by atoms with E-state index in [1.165, 1.54) is 0 Å². The van der Waals surface area contributed by atoms with Gasteiger partial charge < -0.3 is 9.47 Å². The molecule has 0 saturated carbocycles. The molecule has 0 heterocycles. The van der Waals surface area contributed by atoms with Crippen molar-refractivity contribution in [3.05, 3.63) is 60.2 Å². The monoisotopic (exact) mass is 335 g/mol. The van der Waals surface area contributed by atoms with Gasteiger partial charge in [0.15, 0.2) is 11.5 Å². The van der Waals surface area contributed by atoms with Gasteiger partial charge >= 0.3 is 0 Å². The van der Waals surface area contributed by atoms with E-state index in [1.807, 2.05) is 42.5 Å². The largest absolute Gasteiger partial charge is 0.493 e. The lowest BCUT2D eigenvalue weighted by atomic mass is 10.2. The molecule has 6 heteroatoms. The Morgan fingerprint density at radius 3 is 2.30 bits per heavy atom. The van der Waals surface area contributed by atoms with Crippen molar-refractivity contribution in [1.82, 2.24) is 4.72 Å². The number of nitrogens with one attached hydrogen (secondary N) is 1. The molecule has 0 aliphatic carbocycles. The molecule has 124 valence electrons. The van der Waals surface area contributed by atoms with Gasteiger partial charge in [0.05, 0.1) is 12.9 Å². The van der Waals surface area contributed by atoms with E-state index < -0.39 is 10.0 Å². The third-order valence-corrected chi connectivity index (χ3v) is 4.64.